The van der Waals surface area contributed by atoms with Gasteiger partial charge < -0.3 is 5.32 Å². The van der Waals surface area contributed by atoms with Crippen molar-refractivity contribution in [1.29, 1.82) is 0 Å². The zero-order chi connectivity index (χ0) is 10.4. The van der Waals surface area contributed by atoms with Gasteiger partial charge in [-0.2, -0.15) is 0 Å². The molecule has 1 heterocycles. The van der Waals surface area contributed by atoms with Crippen LogP contribution in [0.5, 0.6) is 0 Å². The summed E-state index contributed by atoms with van der Waals surface area (Å²) in [6, 6.07) is 0. The van der Waals surface area contributed by atoms with Crippen molar-refractivity contribution < 1.29 is 0 Å². The van der Waals surface area contributed by atoms with Crippen LogP contribution in [0.3, 0.4) is 0 Å². The van der Waals surface area contributed by atoms with Crippen molar-refractivity contribution in [1.82, 2.24) is 5.32 Å². The molecule has 0 amide bonds. The fourth-order valence-electron chi connectivity index (χ4n) is 0.799. The standard InChI is InChI=1S/C5H11N.2C2H6.C2H2/c1-5-2-3-6-4-5;3*1-2/h5-6H,2-4H2,1H3;2*1-2H3;1-2H. The number of hydrogen-bond acceptors (Lipinski definition) is 1. The molecule has 1 N–H and O–H groups in total. The summed E-state index contributed by atoms with van der Waals surface area (Å²) in [6.45, 7) is 12.8. The maximum absolute atomic E-state index is 4.00. The molecule has 0 radical (unpaired) electrons. The summed E-state index contributed by atoms with van der Waals surface area (Å²) < 4.78 is 0. The Labute approximate surface area is 78.9 Å². The van der Waals surface area contributed by atoms with Crippen LogP contribution in [-0.4, -0.2) is 13.1 Å². The average molecular weight is 171 g/mol. The van der Waals surface area contributed by atoms with E-state index in [0.29, 0.717) is 0 Å². The molecule has 0 aromatic carbocycles. The molecule has 0 aliphatic carbocycles. The van der Waals surface area contributed by atoms with Crippen LogP contribution in [0.1, 0.15) is 41.0 Å². The number of rotatable bonds is 0. The molecule has 0 aromatic rings. The number of nitrogens with one attached hydrogen (secondary N) is 1. The maximum Gasteiger partial charge on any atom is -0.00227 e. The van der Waals surface area contributed by atoms with E-state index in [1.807, 2.05) is 27.7 Å². The lowest BCUT2D eigenvalue weighted by Crippen LogP contribution is -2.06. The second-order valence-electron chi connectivity index (χ2n) is 2.10. The largest absolute Gasteiger partial charge is 0.316 e. The van der Waals surface area contributed by atoms with Crippen LogP contribution in [0, 0.1) is 18.8 Å². The Balaban J connectivity index is -0.000000117. The monoisotopic (exact) mass is 171 g/mol. The van der Waals surface area contributed by atoms with E-state index in [1.165, 1.54) is 19.5 Å². The van der Waals surface area contributed by atoms with Gasteiger partial charge >= 0.3 is 0 Å². The molecule has 1 atom stereocenters. The maximum atomic E-state index is 4.00. The first-order valence-electron chi connectivity index (χ1n) is 4.93. The van der Waals surface area contributed by atoms with Crippen molar-refractivity contribution in [2.24, 2.45) is 5.92 Å². The van der Waals surface area contributed by atoms with Gasteiger partial charge in [0.25, 0.3) is 0 Å². The summed E-state index contributed by atoms with van der Waals surface area (Å²) in [5.74, 6) is 0.935. The summed E-state index contributed by atoms with van der Waals surface area (Å²) in [5.41, 5.74) is 0. The van der Waals surface area contributed by atoms with E-state index >= 15 is 0 Å². The average Bonchev–Trinajstić information content (AvgIpc) is 2.66. The Morgan fingerprint density at radius 1 is 1.08 bits per heavy atom. The van der Waals surface area contributed by atoms with Crippen molar-refractivity contribution in [3.8, 4) is 12.8 Å². The molecule has 0 spiro atoms. The molecule has 1 heteroatoms. The van der Waals surface area contributed by atoms with E-state index in [-0.39, 0.29) is 0 Å². The Bertz CT molecular complexity index is 60.6. The Morgan fingerprint density at radius 3 is 1.58 bits per heavy atom. The van der Waals surface area contributed by atoms with Gasteiger partial charge in [-0.1, -0.05) is 34.6 Å². The number of hydrogen-bond donors (Lipinski definition) is 1. The molecule has 0 saturated carbocycles. The SMILES string of the molecule is C#C.CC.CC.CC1CCNC1. The highest BCUT2D eigenvalue weighted by atomic mass is 14.9. The van der Waals surface area contributed by atoms with Crippen LogP contribution in [0.25, 0.3) is 0 Å². The van der Waals surface area contributed by atoms with Gasteiger partial charge in [0.1, 0.15) is 0 Å². The summed E-state index contributed by atoms with van der Waals surface area (Å²) in [7, 11) is 0. The Kier molecular flexibility index (Phi) is 32.8. The van der Waals surface area contributed by atoms with E-state index < -0.39 is 0 Å². The molecular formula is C11H25N. The van der Waals surface area contributed by atoms with Gasteiger partial charge in [-0.05, 0) is 25.4 Å². The molecule has 0 bridgehead atoms. The van der Waals surface area contributed by atoms with Gasteiger partial charge in [-0.15, -0.1) is 12.8 Å². The predicted molar refractivity (Wildman–Crippen MR) is 59.2 cm³/mol. The third kappa shape index (κ3) is 16.3. The lowest BCUT2D eigenvalue weighted by atomic mass is 10.2. The van der Waals surface area contributed by atoms with E-state index in [1.54, 1.807) is 0 Å². The normalized spacial score (nSPS) is 18.4. The molecule has 1 rings (SSSR count). The Hall–Kier alpha value is -0.480. The van der Waals surface area contributed by atoms with Crippen molar-refractivity contribution >= 4 is 0 Å². The predicted octanol–water partition coefficient (Wildman–Crippen LogP) is 2.92. The van der Waals surface area contributed by atoms with Crippen molar-refractivity contribution in [2.75, 3.05) is 13.1 Å². The third-order valence-electron chi connectivity index (χ3n) is 1.31. The van der Waals surface area contributed by atoms with E-state index in [2.05, 4.69) is 25.1 Å². The molecule has 0 aromatic heterocycles. The fourth-order valence-corrected chi connectivity index (χ4v) is 0.799. The van der Waals surface area contributed by atoms with Gasteiger partial charge in [0.2, 0.25) is 0 Å². The van der Waals surface area contributed by atoms with Crippen LogP contribution in [-0.2, 0) is 0 Å². The van der Waals surface area contributed by atoms with Crippen LogP contribution >= 0.6 is 0 Å². The second-order valence-corrected chi connectivity index (χ2v) is 2.10. The van der Waals surface area contributed by atoms with E-state index in [0.717, 1.165) is 5.92 Å². The first-order chi connectivity index (χ1) is 5.89. The van der Waals surface area contributed by atoms with E-state index in [4.69, 9.17) is 0 Å². The third-order valence-corrected chi connectivity index (χ3v) is 1.31. The summed E-state index contributed by atoms with van der Waals surface area (Å²) >= 11 is 0. The van der Waals surface area contributed by atoms with Gasteiger partial charge in [-0.3, -0.25) is 0 Å². The zero-order valence-electron chi connectivity index (χ0n) is 9.35. The molecule has 74 valence electrons. The van der Waals surface area contributed by atoms with Crippen LogP contribution < -0.4 is 5.32 Å². The molecule has 1 unspecified atom stereocenters. The van der Waals surface area contributed by atoms with Gasteiger partial charge in [-0.25, -0.2) is 0 Å². The lowest BCUT2D eigenvalue weighted by molar-refractivity contribution is 0.651. The minimum Gasteiger partial charge on any atom is -0.316 e. The smallest absolute Gasteiger partial charge is 0.00227 e. The van der Waals surface area contributed by atoms with Crippen molar-refractivity contribution in [3.05, 3.63) is 0 Å². The Morgan fingerprint density at radius 2 is 1.50 bits per heavy atom. The quantitative estimate of drug-likeness (QED) is 0.553. The highest BCUT2D eigenvalue weighted by Gasteiger charge is 2.06. The minimum absolute atomic E-state index is 0.935. The van der Waals surface area contributed by atoms with Crippen molar-refractivity contribution in [2.45, 2.75) is 41.0 Å². The molecule has 1 aliphatic heterocycles. The topological polar surface area (TPSA) is 12.0 Å². The number of terminal acetylenes is 1. The first-order valence-corrected chi connectivity index (χ1v) is 4.93. The highest BCUT2D eigenvalue weighted by molar-refractivity contribution is 4.65. The zero-order valence-corrected chi connectivity index (χ0v) is 9.35. The van der Waals surface area contributed by atoms with E-state index in [9.17, 15) is 0 Å². The highest BCUT2D eigenvalue weighted by Crippen LogP contribution is 2.03. The summed E-state index contributed by atoms with van der Waals surface area (Å²) in [6.07, 6.45) is 9.38. The molecule has 1 fully saturated rings. The molecule has 1 nitrogen and oxygen atoms in total. The minimum atomic E-state index is 0.935. The molecule has 1 saturated heterocycles. The van der Waals surface area contributed by atoms with Crippen molar-refractivity contribution in [3.63, 3.8) is 0 Å². The van der Waals surface area contributed by atoms with Crippen LogP contribution in [0.4, 0.5) is 0 Å². The van der Waals surface area contributed by atoms with Gasteiger partial charge in [0.05, 0.1) is 0 Å². The molecule has 1 aliphatic rings. The molecule has 12 heavy (non-hydrogen) atoms. The summed E-state index contributed by atoms with van der Waals surface area (Å²) in [5, 5.41) is 3.27. The lowest BCUT2D eigenvalue weighted by Gasteiger charge is -1.90. The van der Waals surface area contributed by atoms with Gasteiger partial charge in [0, 0.05) is 0 Å². The van der Waals surface area contributed by atoms with Crippen LogP contribution in [0.2, 0.25) is 0 Å². The molecular weight excluding hydrogens is 146 g/mol. The summed E-state index contributed by atoms with van der Waals surface area (Å²) in [4.78, 5) is 0. The second kappa shape index (κ2) is 22.4. The fraction of sp³-hybridized carbons (Fsp3) is 0.818. The first kappa shape index (κ1) is 17.6. The van der Waals surface area contributed by atoms with Crippen LogP contribution in [0.15, 0.2) is 0 Å². The van der Waals surface area contributed by atoms with Gasteiger partial charge in [0.15, 0.2) is 0 Å².